The van der Waals surface area contributed by atoms with Gasteiger partial charge in [-0.05, 0) is 40.0 Å². The average molecular weight is 243 g/mol. The fraction of sp³-hybridized carbons (Fsp3) is 0.923. The normalized spacial score (nSPS) is 22.5. The molecule has 1 aliphatic heterocycles. The Morgan fingerprint density at radius 3 is 2.76 bits per heavy atom. The number of esters is 1. The molecule has 1 fully saturated rings. The van der Waals surface area contributed by atoms with E-state index >= 15 is 0 Å². The standard InChI is InChI=1S/C13H25NO3/c1-10(11-6-8-16-9-11)14-7-5-12(15)17-13(2,3)4/h10-11,14H,5-9H2,1-4H3. The summed E-state index contributed by atoms with van der Waals surface area (Å²) < 4.78 is 10.6. The van der Waals surface area contributed by atoms with Crippen molar-refractivity contribution in [1.29, 1.82) is 0 Å². The molecule has 4 heteroatoms. The maximum atomic E-state index is 11.5. The van der Waals surface area contributed by atoms with E-state index in [9.17, 15) is 4.79 Å². The van der Waals surface area contributed by atoms with E-state index in [2.05, 4.69) is 12.2 Å². The minimum Gasteiger partial charge on any atom is -0.460 e. The third-order valence-corrected chi connectivity index (χ3v) is 2.89. The lowest BCUT2D eigenvalue weighted by molar-refractivity contribution is -0.154. The van der Waals surface area contributed by atoms with E-state index in [0.29, 0.717) is 24.9 Å². The highest BCUT2D eigenvalue weighted by Gasteiger charge is 2.22. The number of hydrogen-bond acceptors (Lipinski definition) is 4. The molecule has 100 valence electrons. The third-order valence-electron chi connectivity index (χ3n) is 2.89. The maximum Gasteiger partial charge on any atom is 0.307 e. The van der Waals surface area contributed by atoms with Crippen LogP contribution in [0.15, 0.2) is 0 Å². The van der Waals surface area contributed by atoms with Crippen LogP contribution >= 0.6 is 0 Å². The first-order valence-corrected chi connectivity index (χ1v) is 6.41. The van der Waals surface area contributed by atoms with E-state index in [1.54, 1.807) is 0 Å². The summed E-state index contributed by atoms with van der Waals surface area (Å²) in [6.07, 6.45) is 1.54. The highest BCUT2D eigenvalue weighted by atomic mass is 16.6. The summed E-state index contributed by atoms with van der Waals surface area (Å²) in [7, 11) is 0. The van der Waals surface area contributed by atoms with Gasteiger partial charge in [0.15, 0.2) is 0 Å². The van der Waals surface area contributed by atoms with Crippen LogP contribution in [0.2, 0.25) is 0 Å². The van der Waals surface area contributed by atoms with Gasteiger partial charge in [-0.25, -0.2) is 0 Å². The minimum absolute atomic E-state index is 0.139. The molecule has 0 amide bonds. The van der Waals surface area contributed by atoms with E-state index < -0.39 is 0 Å². The summed E-state index contributed by atoms with van der Waals surface area (Å²) in [5.74, 6) is 0.438. The second-order valence-electron chi connectivity index (χ2n) is 5.70. The number of carbonyl (C=O) groups excluding carboxylic acids is 1. The molecule has 0 aromatic rings. The van der Waals surface area contributed by atoms with E-state index in [0.717, 1.165) is 19.6 Å². The van der Waals surface area contributed by atoms with E-state index in [1.165, 1.54) is 0 Å². The van der Waals surface area contributed by atoms with Crippen LogP contribution in [-0.4, -0.2) is 37.4 Å². The van der Waals surface area contributed by atoms with Crippen molar-refractivity contribution < 1.29 is 14.3 Å². The third kappa shape index (κ3) is 6.03. The lowest BCUT2D eigenvalue weighted by atomic mass is 10.0. The summed E-state index contributed by atoms with van der Waals surface area (Å²) >= 11 is 0. The second-order valence-corrected chi connectivity index (χ2v) is 5.70. The topological polar surface area (TPSA) is 47.6 Å². The molecule has 0 aromatic carbocycles. The van der Waals surface area contributed by atoms with Crippen LogP contribution in [0.5, 0.6) is 0 Å². The van der Waals surface area contributed by atoms with Gasteiger partial charge in [0.1, 0.15) is 5.60 Å². The first-order chi connectivity index (χ1) is 7.88. The Bertz CT molecular complexity index is 242. The lowest BCUT2D eigenvalue weighted by Crippen LogP contribution is -2.36. The van der Waals surface area contributed by atoms with Gasteiger partial charge in [0.25, 0.3) is 0 Å². The van der Waals surface area contributed by atoms with Gasteiger partial charge in [0.2, 0.25) is 0 Å². The fourth-order valence-corrected chi connectivity index (χ4v) is 1.91. The molecule has 1 aliphatic rings. The van der Waals surface area contributed by atoms with Gasteiger partial charge in [-0.3, -0.25) is 4.79 Å². The van der Waals surface area contributed by atoms with E-state index in [-0.39, 0.29) is 11.6 Å². The summed E-state index contributed by atoms with van der Waals surface area (Å²) in [6, 6.07) is 0.403. The number of rotatable bonds is 5. The smallest absolute Gasteiger partial charge is 0.307 e. The minimum atomic E-state index is -0.387. The molecule has 1 rings (SSSR count). The fourth-order valence-electron chi connectivity index (χ4n) is 1.91. The molecule has 2 unspecified atom stereocenters. The first kappa shape index (κ1) is 14.5. The Morgan fingerprint density at radius 1 is 1.53 bits per heavy atom. The first-order valence-electron chi connectivity index (χ1n) is 6.41. The number of carbonyl (C=O) groups is 1. The Balaban J connectivity index is 2.12. The lowest BCUT2D eigenvalue weighted by Gasteiger charge is -2.21. The van der Waals surface area contributed by atoms with Crippen molar-refractivity contribution >= 4 is 5.97 Å². The van der Waals surface area contributed by atoms with Crippen molar-refractivity contribution in [2.45, 2.75) is 52.2 Å². The molecule has 2 atom stereocenters. The van der Waals surface area contributed by atoms with E-state index in [1.807, 2.05) is 20.8 Å². The SMILES string of the molecule is CC(NCCC(=O)OC(C)(C)C)C1CCOC1. The number of ether oxygens (including phenoxy) is 2. The van der Waals surface area contributed by atoms with Crippen LogP contribution in [-0.2, 0) is 14.3 Å². The van der Waals surface area contributed by atoms with Crippen molar-refractivity contribution in [1.82, 2.24) is 5.32 Å². The van der Waals surface area contributed by atoms with Gasteiger partial charge in [-0.15, -0.1) is 0 Å². The van der Waals surface area contributed by atoms with Gasteiger partial charge in [-0.2, -0.15) is 0 Å². The predicted molar refractivity (Wildman–Crippen MR) is 66.9 cm³/mol. The Labute approximate surface area is 104 Å². The molecule has 0 radical (unpaired) electrons. The average Bonchev–Trinajstić information content (AvgIpc) is 2.66. The molecule has 1 heterocycles. The highest BCUT2D eigenvalue weighted by molar-refractivity contribution is 5.70. The number of nitrogens with one attached hydrogen (secondary N) is 1. The van der Waals surface area contributed by atoms with Gasteiger partial charge in [0, 0.05) is 19.2 Å². The molecule has 17 heavy (non-hydrogen) atoms. The predicted octanol–water partition coefficient (Wildman–Crippen LogP) is 1.73. The van der Waals surface area contributed by atoms with Crippen molar-refractivity contribution in [3.05, 3.63) is 0 Å². The summed E-state index contributed by atoms with van der Waals surface area (Å²) in [5, 5.41) is 3.36. The van der Waals surface area contributed by atoms with Gasteiger partial charge in [0.05, 0.1) is 13.0 Å². The Kier molecular flexibility index (Phi) is 5.40. The molecule has 1 saturated heterocycles. The molecule has 0 bridgehead atoms. The van der Waals surface area contributed by atoms with Crippen LogP contribution in [0, 0.1) is 5.92 Å². The molecule has 0 saturated carbocycles. The second kappa shape index (κ2) is 6.36. The summed E-state index contributed by atoms with van der Waals surface area (Å²) in [5.41, 5.74) is -0.387. The van der Waals surface area contributed by atoms with Gasteiger partial charge in [-0.1, -0.05) is 0 Å². The maximum absolute atomic E-state index is 11.5. The molecule has 1 N–H and O–H groups in total. The van der Waals surface area contributed by atoms with Crippen LogP contribution in [0.25, 0.3) is 0 Å². The quantitative estimate of drug-likeness (QED) is 0.747. The van der Waals surface area contributed by atoms with Crippen LogP contribution in [0.1, 0.15) is 40.5 Å². The van der Waals surface area contributed by atoms with Crippen molar-refractivity contribution in [3.63, 3.8) is 0 Å². The largest absolute Gasteiger partial charge is 0.460 e. The zero-order chi connectivity index (χ0) is 12.9. The van der Waals surface area contributed by atoms with Gasteiger partial charge < -0.3 is 14.8 Å². The number of hydrogen-bond donors (Lipinski definition) is 1. The zero-order valence-electron chi connectivity index (χ0n) is 11.4. The molecule has 0 spiro atoms. The molecule has 0 aliphatic carbocycles. The zero-order valence-corrected chi connectivity index (χ0v) is 11.4. The van der Waals surface area contributed by atoms with Gasteiger partial charge >= 0.3 is 5.97 Å². The summed E-state index contributed by atoms with van der Waals surface area (Å²) in [4.78, 5) is 11.5. The Hall–Kier alpha value is -0.610. The van der Waals surface area contributed by atoms with E-state index in [4.69, 9.17) is 9.47 Å². The van der Waals surface area contributed by atoms with Crippen LogP contribution in [0.4, 0.5) is 0 Å². The van der Waals surface area contributed by atoms with Crippen molar-refractivity contribution in [3.8, 4) is 0 Å². The van der Waals surface area contributed by atoms with Crippen molar-refractivity contribution in [2.24, 2.45) is 5.92 Å². The van der Waals surface area contributed by atoms with Crippen LogP contribution < -0.4 is 5.32 Å². The van der Waals surface area contributed by atoms with Crippen molar-refractivity contribution in [2.75, 3.05) is 19.8 Å². The summed E-state index contributed by atoms with van der Waals surface area (Å²) in [6.45, 7) is 10.2. The molecular formula is C13H25NO3. The monoisotopic (exact) mass is 243 g/mol. The molecule has 0 aromatic heterocycles. The van der Waals surface area contributed by atoms with Crippen LogP contribution in [0.3, 0.4) is 0 Å². The molecular weight excluding hydrogens is 218 g/mol. The molecule has 4 nitrogen and oxygen atoms in total. The highest BCUT2D eigenvalue weighted by Crippen LogP contribution is 2.16. The Morgan fingerprint density at radius 2 is 2.24 bits per heavy atom.